The zero-order chi connectivity index (χ0) is 15.1. The third kappa shape index (κ3) is 2.89. The van der Waals surface area contributed by atoms with Gasteiger partial charge in [0.15, 0.2) is 0 Å². The van der Waals surface area contributed by atoms with Crippen LogP contribution in [0.5, 0.6) is 0 Å². The van der Waals surface area contributed by atoms with Gasteiger partial charge in [-0.15, -0.1) is 0 Å². The quantitative estimate of drug-likeness (QED) is 0.851. The first kappa shape index (κ1) is 14.2. The predicted octanol–water partition coefficient (Wildman–Crippen LogP) is 0.995. The minimum Gasteiger partial charge on any atom is -0.338 e. The van der Waals surface area contributed by atoms with Crippen molar-refractivity contribution in [2.45, 2.75) is 57.0 Å². The van der Waals surface area contributed by atoms with E-state index < -0.39 is 0 Å². The summed E-state index contributed by atoms with van der Waals surface area (Å²) in [6.07, 6.45) is 7.56. The molecule has 4 rings (SSSR count). The van der Waals surface area contributed by atoms with E-state index in [0.717, 1.165) is 49.8 Å². The first-order valence-corrected chi connectivity index (χ1v) is 8.61. The number of amides is 1. The molecule has 22 heavy (non-hydrogen) atoms. The Morgan fingerprint density at radius 1 is 1.09 bits per heavy atom. The first-order chi connectivity index (χ1) is 10.7. The molecule has 2 fully saturated rings. The second kappa shape index (κ2) is 5.65. The van der Waals surface area contributed by atoms with Crippen LogP contribution in [0.3, 0.4) is 0 Å². The minimum atomic E-state index is 0.101. The lowest BCUT2D eigenvalue weighted by molar-refractivity contribution is -0.136. The Kier molecular flexibility index (Phi) is 3.64. The molecule has 1 aromatic rings. The van der Waals surface area contributed by atoms with E-state index in [4.69, 9.17) is 0 Å². The van der Waals surface area contributed by atoms with E-state index in [9.17, 15) is 4.79 Å². The Hall–Kier alpha value is -1.43. The highest BCUT2D eigenvalue weighted by molar-refractivity contribution is 5.80. The Balaban J connectivity index is 1.38. The van der Waals surface area contributed by atoms with Gasteiger partial charge >= 0.3 is 0 Å². The molecular formula is C16H25N5O. The summed E-state index contributed by atoms with van der Waals surface area (Å²) in [7, 11) is 2.19. The van der Waals surface area contributed by atoms with Gasteiger partial charge in [0.2, 0.25) is 5.91 Å². The highest BCUT2D eigenvalue weighted by atomic mass is 16.2. The molecule has 0 spiro atoms. The number of hydrogen-bond acceptors (Lipinski definition) is 4. The van der Waals surface area contributed by atoms with E-state index in [0.29, 0.717) is 11.9 Å². The van der Waals surface area contributed by atoms with Gasteiger partial charge in [0.05, 0.1) is 11.4 Å². The standard InChI is InChI=1S/C16H25N5O/c1-20(12-3-4-12)8-9-21(13-5-6-13)16(22)11-2-7-14-15(10-11)18-19-17-14/h11-13H,2-10H2,1H3,(H,17,18,19)/t11-/m1/s1. The molecular weight excluding hydrogens is 278 g/mol. The van der Waals surface area contributed by atoms with Gasteiger partial charge in [-0.25, -0.2) is 0 Å². The van der Waals surface area contributed by atoms with Crippen LogP contribution < -0.4 is 0 Å². The smallest absolute Gasteiger partial charge is 0.226 e. The van der Waals surface area contributed by atoms with Crippen molar-refractivity contribution in [2.24, 2.45) is 5.92 Å². The number of hydrogen-bond donors (Lipinski definition) is 1. The molecule has 120 valence electrons. The van der Waals surface area contributed by atoms with Crippen LogP contribution in [-0.4, -0.2) is 63.3 Å². The Labute approximate surface area is 131 Å². The molecule has 1 aromatic heterocycles. The lowest BCUT2D eigenvalue weighted by Gasteiger charge is -2.30. The molecule has 0 bridgehead atoms. The lowest BCUT2D eigenvalue weighted by atomic mass is 9.88. The van der Waals surface area contributed by atoms with E-state index in [1.807, 2.05) is 0 Å². The van der Waals surface area contributed by atoms with E-state index in [1.54, 1.807) is 0 Å². The maximum absolute atomic E-state index is 13.0. The van der Waals surface area contributed by atoms with Gasteiger partial charge in [0.25, 0.3) is 0 Å². The summed E-state index contributed by atoms with van der Waals surface area (Å²) in [5.74, 6) is 0.449. The van der Waals surface area contributed by atoms with Crippen molar-refractivity contribution in [3.8, 4) is 0 Å². The Bertz CT molecular complexity index is 548. The van der Waals surface area contributed by atoms with Crippen molar-refractivity contribution in [1.29, 1.82) is 0 Å². The van der Waals surface area contributed by atoms with Gasteiger partial charge in [0.1, 0.15) is 0 Å². The van der Waals surface area contributed by atoms with E-state index in [1.165, 1.54) is 25.7 Å². The maximum Gasteiger partial charge on any atom is 0.226 e. The molecule has 0 unspecified atom stereocenters. The number of carbonyl (C=O) groups is 1. The van der Waals surface area contributed by atoms with E-state index in [2.05, 4.69) is 32.3 Å². The molecule has 6 heteroatoms. The number of fused-ring (bicyclic) bond motifs is 1. The van der Waals surface area contributed by atoms with Crippen LogP contribution in [0.25, 0.3) is 0 Å². The number of aromatic nitrogens is 3. The zero-order valence-corrected chi connectivity index (χ0v) is 13.3. The van der Waals surface area contributed by atoms with Crippen molar-refractivity contribution in [3.05, 3.63) is 11.4 Å². The second-order valence-electron chi connectivity index (χ2n) is 7.13. The molecule has 0 radical (unpaired) electrons. The van der Waals surface area contributed by atoms with Crippen molar-refractivity contribution in [3.63, 3.8) is 0 Å². The summed E-state index contributed by atoms with van der Waals surface area (Å²) in [4.78, 5) is 17.5. The van der Waals surface area contributed by atoms with Gasteiger partial charge in [-0.1, -0.05) is 0 Å². The van der Waals surface area contributed by atoms with Crippen LogP contribution in [0.4, 0.5) is 0 Å². The van der Waals surface area contributed by atoms with Crippen LogP contribution >= 0.6 is 0 Å². The van der Waals surface area contributed by atoms with Gasteiger partial charge in [0, 0.05) is 37.5 Å². The third-order valence-electron chi connectivity index (χ3n) is 5.36. The van der Waals surface area contributed by atoms with Crippen LogP contribution in [0, 0.1) is 5.92 Å². The number of rotatable bonds is 6. The topological polar surface area (TPSA) is 65.1 Å². The van der Waals surface area contributed by atoms with Crippen molar-refractivity contribution < 1.29 is 4.79 Å². The summed E-state index contributed by atoms with van der Waals surface area (Å²) in [6.45, 7) is 1.90. The number of nitrogens with zero attached hydrogens (tertiary/aromatic N) is 4. The monoisotopic (exact) mass is 303 g/mol. The predicted molar refractivity (Wildman–Crippen MR) is 82.3 cm³/mol. The average molecular weight is 303 g/mol. The molecule has 2 saturated carbocycles. The van der Waals surface area contributed by atoms with Gasteiger partial charge in [-0.3, -0.25) is 4.79 Å². The number of nitrogens with one attached hydrogen (secondary N) is 1. The fourth-order valence-corrected chi connectivity index (χ4v) is 3.55. The molecule has 1 heterocycles. The van der Waals surface area contributed by atoms with E-state index in [-0.39, 0.29) is 5.92 Å². The number of aryl methyl sites for hydroxylation is 1. The van der Waals surface area contributed by atoms with Crippen molar-refractivity contribution in [2.75, 3.05) is 20.1 Å². The van der Waals surface area contributed by atoms with Crippen LogP contribution in [-0.2, 0) is 17.6 Å². The van der Waals surface area contributed by atoms with Crippen LogP contribution in [0.2, 0.25) is 0 Å². The minimum absolute atomic E-state index is 0.101. The number of aromatic amines is 1. The Morgan fingerprint density at radius 3 is 2.55 bits per heavy atom. The summed E-state index contributed by atoms with van der Waals surface area (Å²) >= 11 is 0. The molecule has 6 nitrogen and oxygen atoms in total. The van der Waals surface area contributed by atoms with Gasteiger partial charge in [-0.2, -0.15) is 15.4 Å². The van der Waals surface area contributed by atoms with Gasteiger partial charge < -0.3 is 9.80 Å². The molecule has 1 amide bonds. The fraction of sp³-hybridized carbons (Fsp3) is 0.812. The normalized spacial score (nSPS) is 24.4. The molecule has 1 atom stereocenters. The average Bonchev–Trinajstić information content (AvgIpc) is 3.44. The molecule has 0 aromatic carbocycles. The molecule has 0 aliphatic heterocycles. The van der Waals surface area contributed by atoms with Crippen LogP contribution in [0.1, 0.15) is 43.5 Å². The highest BCUT2D eigenvalue weighted by Gasteiger charge is 2.38. The molecule has 1 N–H and O–H groups in total. The molecule has 0 saturated heterocycles. The number of H-pyrrole nitrogens is 1. The van der Waals surface area contributed by atoms with Crippen molar-refractivity contribution >= 4 is 5.91 Å². The largest absolute Gasteiger partial charge is 0.338 e. The first-order valence-electron chi connectivity index (χ1n) is 8.61. The van der Waals surface area contributed by atoms with Crippen molar-refractivity contribution in [1.82, 2.24) is 25.2 Å². The number of likely N-dealkylation sites (N-methyl/N-ethyl adjacent to an activating group) is 1. The third-order valence-corrected chi connectivity index (χ3v) is 5.36. The Morgan fingerprint density at radius 2 is 1.82 bits per heavy atom. The summed E-state index contributed by atoms with van der Waals surface area (Å²) in [5, 5.41) is 11.1. The van der Waals surface area contributed by atoms with Crippen LogP contribution in [0.15, 0.2) is 0 Å². The molecule has 3 aliphatic rings. The SMILES string of the molecule is CN(CCN(C(=O)[C@@H]1CCc2n[nH]nc2C1)C1CC1)C1CC1. The summed E-state index contributed by atoms with van der Waals surface area (Å²) in [5.41, 5.74) is 2.05. The fourth-order valence-electron chi connectivity index (χ4n) is 3.55. The number of carbonyl (C=O) groups excluding carboxylic acids is 1. The lowest BCUT2D eigenvalue weighted by Crippen LogP contribution is -2.43. The summed E-state index contributed by atoms with van der Waals surface area (Å²) < 4.78 is 0. The zero-order valence-electron chi connectivity index (χ0n) is 13.3. The highest BCUT2D eigenvalue weighted by Crippen LogP contribution is 2.32. The van der Waals surface area contributed by atoms with E-state index >= 15 is 0 Å². The van der Waals surface area contributed by atoms with Gasteiger partial charge in [-0.05, 0) is 45.6 Å². The summed E-state index contributed by atoms with van der Waals surface area (Å²) in [6, 6.07) is 1.27. The maximum atomic E-state index is 13.0. The molecule has 3 aliphatic carbocycles. The second-order valence-corrected chi connectivity index (χ2v) is 7.13.